The molecule has 0 saturated heterocycles. The number of unbranched alkanes of at least 4 members (excludes halogenated alkanes) is 1. The summed E-state index contributed by atoms with van der Waals surface area (Å²) in [6.07, 6.45) is 6.27. The Balaban J connectivity index is 1.31. The Kier molecular flexibility index (Phi) is 6.15. The van der Waals surface area contributed by atoms with Crippen molar-refractivity contribution < 1.29 is 4.57 Å². The Morgan fingerprint density at radius 3 is 1.86 bits per heavy atom. The molecule has 0 radical (unpaired) electrons. The second-order valence-corrected chi connectivity index (χ2v) is 7.05. The van der Waals surface area contributed by atoms with E-state index in [-0.39, 0.29) is 0 Å². The lowest BCUT2D eigenvalue weighted by Gasteiger charge is -2.01. The summed E-state index contributed by atoms with van der Waals surface area (Å²) in [5.41, 5.74) is 6.04. The second kappa shape index (κ2) is 9.53. The molecule has 0 saturated carbocycles. The highest BCUT2D eigenvalue weighted by Gasteiger charge is 2.04. The Morgan fingerprint density at radius 2 is 1.17 bits per heavy atom. The lowest BCUT2D eigenvalue weighted by Crippen LogP contribution is -2.32. The molecule has 0 unspecified atom stereocenters. The average molecular weight is 375 g/mol. The molecule has 29 heavy (non-hydrogen) atoms. The van der Waals surface area contributed by atoms with E-state index in [2.05, 4.69) is 114 Å². The summed E-state index contributed by atoms with van der Waals surface area (Å²) in [5, 5.41) is 0. The summed E-state index contributed by atoms with van der Waals surface area (Å²) in [4.78, 5) is 0. The van der Waals surface area contributed by atoms with Crippen LogP contribution in [0.4, 0.5) is 0 Å². The monoisotopic (exact) mass is 374 g/mol. The third-order valence-corrected chi connectivity index (χ3v) is 4.91. The normalized spacial score (nSPS) is 10.2. The van der Waals surface area contributed by atoms with Gasteiger partial charge in [-0.25, -0.2) is 4.57 Å². The highest BCUT2D eigenvalue weighted by molar-refractivity contribution is 5.64. The minimum absolute atomic E-state index is 0.892. The van der Waals surface area contributed by atoms with Crippen molar-refractivity contribution in [2.75, 3.05) is 0 Å². The van der Waals surface area contributed by atoms with Crippen LogP contribution in [0.2, 0.25) is 0 Å². The van der Waals surface area contributed by atoms with Gasteiger partial charge in [-0.15, -0.1) is 0 Å². The van der Waals surface area contributed by atoms with Crippen molar-refractivity contribution in [1.82, 2.24) is 0 Å². The first kappa shape index (κ1) is 18.7. The van der Waals surface area contributed by atoms with E-state index in [0.29, 0.717) is 0 Å². The quantitative estimate of drug-likeness (QED) is 0.224. The largest absolute Gasteiger partial charge is 0.204 e. The van der Waals surface area contributed by atoms with E-state index >= 15 is 0 Å². The molecule has 140 valence electrons. The van der Waals surface area contributed by atoms with Gasteiger partial charge in [0.15, 0.2) is 12.4 Å². The van der Waals surface area contributed by atoms with E-state index in [9.17, 15) is 0 Å². The van der Waals surface area contributed by atoms with Crippen LogP contribution in [0.3, 0.4) is 0 Å². The van der Waals surface area contributed by atoms with Gasteiger partial charge in [0.2, 0.25) is 0 Å². The van der Waals surface area contributed by atoms with Crippen molar-refractivity contribution in [3.63, 3.8) is 0 Å². The first-order chi connectivity index (χ1) is 14.4. The van der Waals surface area contributed by atoms with Crippen LogP contribution in [0.5, 0.6) is 0 Å². The molecule has 3 aromatic carbocycles. The average Bonchev–Trinajstić information content (AvgIpc) is 2.81. The molecule has 0 fully saturated rings. The van der Waals surface area contributed by atoms with Crippen molar-refractivity contribution in [1.29, 1.82) is 0 Å². The number of nitrogens with zero attached hydrogens (tertiary/aromatic N) is 1. The summed E-state index contributed by atoms with van der Waals surface area (Å²) in [7, 11) is 0. The zero-order valence-corrected chi connectivity index (χ0v) is 16.5. The van der Waals surface area contributed by atoms with Crippen molar-refractivity contribution in [3.05, 3.63) is 115 Å². The molecule has 0 atom stereocenters. The van der Waals surface area contributed by atoms with Gasteiger partial charge in [-0.3, -0.25) is 0 Å². The van der Waals surface area contributed by atoms with Crippen LogP contribution >= 0.6 is 0 Å². The second-order valence-electron chi connectivity index (χ2n) is 7.05. The van der Waals surface area contributed by atoms with E-state index in [1.54, 1.807) is 0 Å². The van der Waals surface area contributed by atoms with E-state index in [0.717, 1.165) is 24.9 Å². The molecule has 1 heteroatoms. The summed E-state index contributed by atoms with van der Waals surface area (Å²) >= 11 is 0. The molecular weight excluding hydrogens is 350 g/mol. The summed E-state index contributed by atoms with van der Waals surface area (Å²) in [6.45, 7) is 0.975. The summed E-state index contributed by atoms with van der Waals surface area (Å²) < 4.78 is 2.25. The van der Waals surface area contributed by atoms with E-state index in [1.165, 1.54) is 22.3 Å². The number of aryl methyl sites for hydroxylation is 1. The third-order valence-electron chi connectivity index (χ3n) is 4.91. The Hall–Kier alpha value is -3.63. The minimum atomic E-state index is 0.892. The van der Waals surface area contributed by atoms with Crippen LogP contribution in [0.25, 0.3) is 22.3 Å². The van der Waals surface area contributed by atoms with Crippen LogP contribution in [0.15, 0.2) is 109 Å². The summed E-state index contributed by atoms with van der Waals surface area (Å²) in [5.74, 6) is 6.60. The predicted octanol–water partition coefficient (Wildman–Crippen LogP) is 6.14. The van der Waals surface area contributed by atoms with Crippen LogP contribution in [-0.4, -0.2) is 0 Å². The van der Waals surface area contributed by atoms with Gasteiger partial charge in [-0.1, -0.05) is 84.6 Å². The van der Waals surface area contributed by atoms with Crippen molar-refractivity contribution in [3.8, 4) is 34.1 Å². The molecule has 4 rings (SSSR count). The van der Waals surface area contributed by atoms with Crippen LogP contribution in [-0.2, 0) is 6.54 Å². The standard InChI is InChI=1S/C28H24N/c1-5-12-25(13-6-1)27-19-17-24(18-20-27)11-4-3-9-21-29-22-10-16-28(23-29)26-14-7-2-8-15-26/h1-2,5-8,10,12-20,22-23H,3,9,21H2/q+1. The SMILES string of the molecule is C(#Cc1ccc(-c2ccccc2)cc1)CCC[n+]1cccc(-c2ccccc2)c1. The third kappa shape index (κ3) is 5.21. The first-order valence-electron chi connectivity index (χ1n) is 10.1. The van der Waals surface area contributed by atoms with E-state index < -0.39 is 0 Å². The predicted molar refractivity (Wildman–Crippen MR) is 120 cm³/mol. The zero-order chi connectivity index (χ0) is 19.7. The maximum absolute atomic E-state index is 3.31. The lowest BCUT2D eigenvalue weighted by atomic mass is 10.0. The number of benzene rings is 3. The molecular formula is C28H24N+. The number of hydrogen-bond donors (Lipinski definition) is 0. The van der Waals surface area contributed by atoms with Gasteiger partial charge in [0, 0.05) is 30.0 Å². The molecule has 4 aromatic rings. The number of pyridine rings is 1. The zero-order valence-electron chi connectivity index (χ0n) is 16.5. The van der Waals surface area contributed by atoms with E-state index in [4.69, 9.17) is 0 Å². The molecule has 0 amide bonds. The highest BCUT2D eigenvalue weighted by atomic mass is 14.9. The van der Waals surface area contributed by atoms with Gasteiger partial charge in [0.25, 0.3) is 0 Å². The molecule has 0 aliphatic rings. The molecule has 0 spiro atoms. The fourth-order valence-electron chi connectivity index (χ4n) is 3.35. The van der Waals surface area contributed by atoms with Crippen LogP contribution in [0.1, 0.15) is 18.4 Å². The lowest BCUT2D eigenvalue weighted by molar-refractivity contribution is -0.696. The molecule has 0 aliphatic carbocycles. The van der Waals surface area contributed by atoms with Gasteiger partial charge in [0.05, 0.1) is 0 Å². The van der Waals surface area contributed by atoms with Crippen molar-refractivity contribution in [2.45, 2.75) is 19.4 Å². The molecule has 0 aliphatic heterocycles. The number of rotatable bonds is 5. The molecule has 1 aromatic heterocycles. The smallest absolute Gasteiger partial charge is 0.176 e. The minimum Gasteiger partial charge on any atom is -0.204 e. The Bertz CT molecular complexity index is 1100. The van der Waals surface area contributed by atoms with Gasteiger partial charge < -0.3 is 0 Å². The number of aromatic nitrogens is 1. The maximum Gasteiger partial charge on any atom is 0.176 e. The topological polar surface area (TPSA) is 3.88 Å². The maximum atomic E-state index is 3.31. The van der Waals surface area contributed by atoms with Gasteiger partial charge in [-0.2, -0.15) is 0 Å². The van der Waals surface area contributed by atoms with E-state index in [1.807, 2.05) is 12.1 Å². The molecule has 0 N–H and O–H groups in total. The van der Waals surface area contributed by atoms with Gasteiger partial charge in [-0.05, 0) is 34.9 Å². The van der Waals surface area contributed by atoms with Crippen molar-refractivity contribution in [2.24, 2.45) is 0 Å². The Morgan fingerprint density at radius 1 is 0.586 bits per heavy atom. The number of hydrogen-bond acceptors (Lipinski definition) is 0. The van der Waals surface area contributed by atoms with Crippen LogP contribution < -0.4 is 4.57 Å². The first-order valence-corrected chi connectivity index (χ1v) is 10.1. The highest BCUT2D eigenvalue weighted by Crippen LogP contribution is 2.19. The molecule has 0 bridgehead atoms. The van der Waals surface area contributed by atoms with Gasteiger partial charge in [0.1, 0.15) is 6.54 Å². The fraction of sp³-hybridized carbons (Fsp3) is 0.107. The fourth-order valence-corrected chi connectivity index (χ4v) is 3.35. The van der Waals surface area contributed by atoms with Crippen LogP contribution in [0, 0.1) is 11.8 Å². The molecule has 1 heterocycles. The van der Waals surface area contributed by atoms with Crippen molar-refractivity contribution >= 4 is 0 Å². The summed E-state index contributed by atoms with van der Waals surface area (Å²) in [6, 6.07) is 33.7. The molecule has 1 nitrogen and oxygen atoms in total. The van der Waals surface area contributed by atoms with Gasteiger partial charge >= 0.3 is 0 Å². The Labute approximate surface area is 173 Å².